The fourth-order valence-corrected chi connectivity index (χ4v) is 3.41. The maximum Gasteiger partial charge on any atom is 0.0948 e. The predicted octanol–water partition coefficient (Wildman–Crippen LogP) is 3.71. The maximum atomic E-state index is 6.43. The van der Waals surface area contributed by atoms with Crippen LogP contribution in [0.3, 0.4) is 0 Å². The summed E-state index contributed by atoms with van der Waals surface area (Å²) in [6, 6.07) is 10.5. The van der Waals surface area contributed by atoms with Gasteiger partial charge < -0.3 is 10.3 Å². The Morgan fingerprint density at radius 2 is 2.05 bits per heavy atom. The van der Waals surface area contributed by atoms with E-state index in [0.717, 1.165) is 13.0 Å². The lowest BCUT2D eigenvalue weighted by atomic mass is 9.67. The minimum Gasteiger partial charge on any atom is -0.333 e. The van der Waals surface area contributed by atoms with Crippen molar-refractivity contribution in [2.75, 3.05) is 0 Å². The van der Waals surface area contributed by atoms with Gasteiger partial charge in [-0.2, -0.15) is 0 Å². The van der Waals surface area contributed by atoms with Crippen LogP contribution in [0.5, 0.6) is 0 Å². The van der Waals surface area contributed by atoms with Crippen LogP contribution in [0.2, 0.25) is 0 Å². The predicted molar refractivity (Wildman–Crippen MR) is 85.9 cm³/mol. The van der Waals surface area contributed by atoms with Gasteiger partial charge in [0.05, 0.1) is 18.1 Å². The lowest BCUT2D eigenvalue weighted by Gasteiger charge is -2.42. The molecule has 1 aromatic carbocycles. The lowest BCUT2D eigenvalue weighted by molar-refractivity contribution is 0.0987. The molecule has 0 amide bonds. The molecule has 0 saturated heterocycles. The van der Waals surface area contributed by atoms with Crippen molar-refractivity contribution < 1.29 is 0 Å². The van der Waals surface area contributed by atoms with Gasteiger partial charge >= 0.3 is 0 Å². The Balaban J connectivity index is 1.72. The van der Waals surface area contributed by atoms with Crippen molar-refractivity contribution in [3.8, 4) is 0 Å². The highest BCUT2D eigenvalue weighted by Crippen LogP contribution is 2.45. The van der Waals surface area contributed by atoms with Crippen molar-refractivity contribution in [1.29, 1.82) is 0 Å². The van der Waals surface area contributed by atoms with E-state index in [0.29, 0.717) is 5.41 Å². The van der Waals surface area contributed by atoms with Gasteiger partial charge in [-0.25, -0.2) is 4.98 Å². The van der Waals surface area contributed by atoms with Crippen LogP contribution in [0.25, 0.3) is 0 Å². The van der Waals surface area contributed by atoms with Crippen LogP contribution in [0.1, 0.15) is 49.9 Å². The first-order valence-electron chi connectivity index (χ1n) is 8.02. The minimum atomic E-state index is 0.0175. The molecule has 2 aromatic rings. The van der Waals surface area contributed by atoms with Crippen LogP contribution in [0, 0.1) is 5.41 Å². The van der Waals surface area contributed by atoms with E-state index in [1.54, 1.807) is 0 Å². The molecule has 0 unspecified atom stereocenters. The zero-order chi connectivity index (χ0) is 14.7. The Hall–Kier alpha value is -1.61. The smallest absolute Gasteiger partial charge is 0.0948 e. The number of hydrogen-bond donors (Lipinski definition) is 1. The topological polar surface area (TPSA) is 43.8 Å². The van der Waals surface area contributed by atoms with Crippen LogP contribution in [-0.2, 0) is 13.0 Å². The third-order valence-electron chi connectivity index (χ3n) is 5.09. The van der Waals surface area contributed by atoms with Gasteiger partial charge in [0.25, 0.3) is 0 Å². The average molecular weight is 283 g/mol. The normalized spacial score (nSPS) is 18.2. The van der Waals surface area contributed by atoms with Crippen molar-refractivity contribution in [3.05, 3.63) is 54.1 Å². The van der Waals surface area contributed by atoms with Crippen LogP contribution in [0.4, 0.5) is 0 Å². The largest absolute Gasteiger partial charge is 0.333 e. The monoisotopic (exact) mass is 283 g/mol. The summed E-state index contributed by atoms with van der Waals surface area (Å²) in [6.07, 6.45) is 10.1. The standard InChI is InChI=1S/C18H25N3/c1-2-18(9-6-10-18)13-21-14-20-12-17(21)16(19)11-15-7-4-3-5-8-15/h3-5,7-8,12,14,16H,2,6,9-11,13,19H2,1H3/t16-/m1/s1. The summed E-state index contributed by atoms with van der Waals surface area (Å²) in [5, 5.41) is 0. The summed E-state index contributed by atoms with van der Waals surface area (Å²) in [7, 11) is 0. The number of nitrogens with two attached hydrogens (primary N) is 1. The molecule has 1 saturated carbocycles. The third kappa shape index (κ3) is 3.03. The maximum absolute atomic E-state index is 6.43. The molecule has 1 atom stereocenters. The highest BCUT2D eigenvalue weighted by molar-refractivity contribution is 5.18. The Labute approximate surface area is 127 Å². The van der Waals surface area contributed by atoms with Gasteiger partial charge in [0.1, 0.15) is 0 Å². The van der Waals surface area contributed by atoms with Crippen molar-refractivity contribution >= 4 is 0 Å². The molecule has 3 nitrogen and oxygen atoms in total. The van der Waals surface area contributed by atoms with Crippen molar-refractivity contribution in [3.63, 3.8) is 0 Å². The van der Waals surface area contributed by atoms with E-state index in [1.807, 2.05) is 18.6 Å². The van der Waals surface area contributed by atoms with E-state index >= 15 is 0 Å². The fraction of sp³-hybridized carbons (Fsp3) is 0.500. The summed E-state index contributed by atoms with van der Waals surface area (Å²) in [5.74, 6) is 0. The molecule has 0 radical (unpaired) electrons. The average Bonchev–Trinajstić information content (AvgIpc) is 2.92. The Bertz CT molecular complexity index is 564. The van der Waals surface area contributed by atoms with Crippen LogP contribution in [0.15, 0.2) is 42.9 Å². The second kappa shape index (κ2) is 6.02. The molecule has 3 rings (SSSR count). The molecule has 1 aliphatic rings. The van der Waals surface area contributed by atoms with E-state index in [2.05, 4.69) is 40.7 Å². The Morgan fingerprint density at radius 1 is 1.29 bits per heavy atom. The van der Waals surface area contributed by atoms with E-state index in [9.17, 15) is 0 Å². The minimum absolute atomic E-state index is 0.0175. The van der Waals surface area contributed by atoms with Gasteiger partial charge in [-0.05, 0) is 36.7 Å². The van der Waals surface area contributed by atoms with Crippen molar-refractivity contribution in [1.82, 2.24) is 9.55 Å². The van der Waals surface area contributed by atoms with Crippen molar-refractivity contribution in [2.24, 2.45) is 11.1 Å². The molecule has 1 fully saturated rings. The van der Waals surface area contributed by atoms with E-state index < -0.39 is 0 Å². The first kappa shape index (κ1) is 14.3. The SMILES string of the molecule is CCC1(Cn2cncc2[C@H](N)Cc2ccccc2)CCC1. The van der Waals surface area contributed by atoms with Crippen LogP contribution in [-0.4, -0.2) is 9.55 Å². The van der Waals surface area contributed by atoms with Crippen LogP contribution >= 0.6 is 0 Å². The molecular formula is C18H25N3. The number of nitrogens with zero attached hydrogens (tertiary/aromatic N) is 2. The van der Waals surface area contributed by atoms with Crippen LogP contribution < -0.4 is 5.73 Å². The van der Waals surface area contributed by atoms with Gasteiger partial charge in [-0.15, -0.1) is 0 Å². The molecule has 0 spiro atoms. The number of aromatic nitrogens is 2. The van der Waals surface area contributed by atoms with Crippen molar-refractivity contribution in [2.45, 2.75) is 51.6 Å². The van der Waals surface area contributed by atoms with Gasteiger partial charge in [0.2, 0.25) is 0 Å². The highest BCUT2D eigenvalue weighted by Gasteiger charge is 2.35. The molecular weight excluding hydrogens is 258 g/mol. The van der Waals surface area contributed by atoms with Gasteiger partial charge in [0, 0.05) is 12.7 Å². The molecule has 3 heteroatoms. The number of benzene rings is 1. The molecule has 0 bridgehead atoms. The zero-order valence-electron chi connectivity index (χ0n) is 12.8. The lowest BCUT2D eigenvalue weighted by Crippen LogP contribution is -2.34. The Morgan fingerprint density at radius 3 is 2.67 bits per heavy atom. The Kier molecular flexibility index (Phi) is 4.11. The molecule has 0 aliphatic heterocycles. The summed E-state index contributed by atoms with van der Waals surface area (Å²) >= 11 is 0. The molecule has 1 aromatic heterocycles. The quantitative estimate of drug-likeness (QED) is 0.878. The molecule has 1 heterocycles. The number of imidazole rings is 1. The summed E-state index contributed by atoms with van der Waals surface area (Å²) in [5.41, 5.74) is 9.37. The van der Waals surface area contributed by atoms with Gasteiger partial charge in [-0.3, -0.25) is 0 Å². The van der Waals surface area contributed by atoms with Gasteiger partial charge in [0.15, 0.2) is 0 Å². The summed E-state index contributed by atoms with van der Waals surface area (Å²) in [6.45, 7) is 3.38. The first-order chi connectivity index (χ1) is 10.2. The highest BCUT2D eigenvalue weighted by atomic mass is 15.1. The second-order valence-corrected chi connectivity index (χ2v) is 6.45. The van der Waals surface area contributed by atoms with E-state index in [4.69, 9.17) is 5.73 Å². The summed E-state index contributed by atoms with van der Waals surface area (Å²) < 4.78 is 2.29. The van der Waals surface area contributed by atoms with Gasteiger partial charge in [-0.1, -0.05) is 43.7 Å². The van der Waals surface area contributed by atoms with E-state index in [1.165, 1.54) is 36.9 Å². The second-order valence-electron chi connectivity index (χ2n) is 6.45. The van der Waals surface area contributed by atoms with E-state index in [-0.39, 0.29) is 6.04 Å². The zero-order valence-corrected chi connectivity index (χ0v) is 12.8. The number of hydrogen-bond acceptors (Lipinski definition) is 2. The molecule has 2 N–H and O–H groups in total. The summed E-state index contributed by atoms with van der Waals surface area (Å²) in [4.78, 5) is 4.34. The third-order valence-corrected chi connectivity index (χ3v) is 5.09. The fourth-order valence-electron chi connectivity index (χ4n) is 3.41. The molecule has 1 aliphatic carbocycles. The number of rotatable bonds is 6. The first-order valence-corrected chi connectivity index (χ1v) is 8.02. The molecule has 21 heavy (non-hydrogen) atoms. The molecule has 112 valence electrons.